The van der Waals surface area contributed by atoms with E-state index in [-0.39, 0.29) is 34.4 Å². The molecule has 1 aromatic carbocycles. The lowest BCUT2D eigenvalue weighted by Gasteiger charge is -2.28. The Morgan fingerprint density at radius 2 is 1.82 bits per heavy atom. The third-order valence-electron chi connectivity index (χ3n) is 6.60. The number of likely N-dealkylation sites (tertiary alicyclic amines) is 1. The molecule has 3 N–H and O–H groups in total. The zero-order valence-corrected chi connectivity index (χ0v) is 25.6. The van der Waals surface area contributed by atoms with E-state index >= 15 is 0 Å². The van der Waals surface area contributed by atoms with Gasteiger partial charge in [0.2, 0.25) is 0 Å². The number of aryl methyl sites for hydroxylation is 1. The van der Waals surface area contributed by atoms with E-state index in [2.05, 4.69) is 33.2 Å². The minimum absolute atomic E-state index is 0.0143. The van der Waals surface area contributed by atoms with Gasteiger partial charge in [0.05, 0.1) is 35.0 Å². The van der Waals surface area contributed by atoms with Gasteiger partial charge < -0.3 is 10.7 Å². The van der Waals surface area contributed by atoms with Crippen LogP contribution in [0.25, 0.3) is 10.6 Å². The van der Waals surface area contributed by atoms with Crippen molar-refractivity contribution < 1.29 is 17.4 Å². The highest BCUT2D eigenvalue weighted by molar-refractivity contribution is 9.15. The number of hydrogen-bond acceptors (Lipinski definition) is 5. The van der Waals surface area contributed by atoms with Crippen molar-refractivity contribution in [3.63, 3.8) is 0 Å². The lowest BCUT2D eigenvalue weighted by Crippen LogP contribution is -2.38. The smallest absolute Gasteiger partial charge is 0.333 e. The fraction of sp³-hybridized carbons (Fsp3) is 0.500. The van der Waals surface area contributed by atoms with E-state index in [4.69, 9.17) is 0 Å². The Kier molecular flexibility index (Phi) is 13.3. The van der Waals surface area contributed by atoms with Crippen molar-refractivity contribution >= 4 is 37.3 Å². The molecular formula is C28H38BrF3N4O3S. The van der Waals surface area contributed by atoms with Crippen molar-refractivity contribution in [3.8, 4) is 0 Å². The molecule has 3 rings (SSSR count). The van der Waals surface area contributed by atoms with E-state index in [1.54, 1.807) is 13.0 Å². The lowest BCUT2D eigenvalue weighted by atomic mass is 10.0. The molecule has 1 unspecified atom stereocenters. The van der Waals surface area contributed by atoms with E-state index in [0.29, 0.717) is 35.7 Å². The Bertz CT molecular complexity index is 1350. The second-order valence-corrected chi connectivity index (χ2v) is 11.8. The predicted octanol–water partition coefficient (Wildman–Crippen LogP) is 5.04. The van der Waals surface area contributed by atoms with E-state index in [1.807, 2.05) is 24.0 Å². The summed E-state index contributed by atoms with van der Waals surface area (Å²) >= 11 is 3.29. The minimum Gasteiger partial charge on any atom is -0.333 e. The Morgan fingerprint density at radius 1 is 1.18 bits per heavy atom. The van der Waals surface area contributed by atoms with Crippen LogP contribution in [0.5, 0.6) is 0 Å². The number of alkyl halides is 3. The van der Waals surface area contributed by atoms with Crippen molar-refractivity contribution in [1.82, 2.24) is 14.5 Å². The molecule has 7 nitrogen and oxygen atoms in total. The van der Waals surface area contributed by atoms with E-state index < -0.39 is 34.6 Å². The number of H-pyrrole nitrogens is 1. The van der Waals surface area contributed by atoms with Crippen LogP contribution in [-0.4, -0.2) is 57.3 Å². The molecule has 12 heteroatoms. The summed E-state index contributed by atoms with van der Waals surface area (Å²) in [7, 11) is 0.188. The fourth-order valence-electron chi connectivity index (χ4n) is 4.63. The van der Waals surface area contributed by atoms with Crippen LogP contribution < -0.4 is 17.0 Å². The van der Waals surface area contributed by atoms with Gasteiger partial charge in [0.25, 0.3) is 5.56 Å². The highest BCUT2D eigenvalue weighted by Gasteiger charge is 2.32. The van der Waals surface area contributed by atoms with E-state index in [9.17, 15) is 27.0 Å². The van der Waals surface area contributed by atoms with E-state index in [0.717, 1.165) is 29.4 Å². The van der Waals surface area contributed by atoms with Gasteiger partial charge in [-0.2, -0.15) is 13.2 Å². The lowest BCUT2D eigenvalue weighted by molar-refractivity contribution is -0.127. The molecule has 222 valence electrons. The molecule has 1 aliphatic heterocycles. The summed E-state index contributed by atoms with van der Waals surface area (Å²) in [6.45, 7) is 8.74. The van der Waals surface area contributed by atoms with Crippen LogP contribution in [0.1, 0.15) is 61.9 Å². The van der Waals surface area contributed by atoms with Gasteiger partial charge in [-0.3, -0.25) is 18.5 Å². The third kappa shape index (κ3) is 8.86. The average molecular weight is 648 g/mol. The Morgan fingerprint density at radius 3 is 2.38 bits per heavy atom. The third-order valence-corrected chi connectivity index (χ3v) is 8.97. The monoisotopic (exact) mass is 646 g/mol. The first kappa shape index (κ1) is 33.9. The molecule has 0 spiro atoms. The van der Waals surface area contributed by atoms with Crippen molar-refractivity contribution in [3.05, 3.63) is 73.6 Å². The number of nitrogens with two attached hydrogens (primary N) is 1. The molecule has 1 fully saturated rings. The first-order valence-electron chi connectivity index (χ1n) is 13.2. The quantitative estimate of drug-likeness (QED) is 0.377. The van der Waals surface area contributed by atoms with Crippen LogP contribution >= 0.6 is 15.9 Å². The van der Waals surface area contributed by atoms with Gasteiger partial charge in [-0.15, -0.1) is 0 Å². The van der Waals surface area contributed by atoms with Crippen LogP contribution in [-0.2, 0) is 23.8 Å². The van der Waals surface area contributed by atoms with Crippen molar-refractivity contribution in [1.29, 1.82) is 0 Å². The standard InChI is InChI=1S/C27H33BrF3N3O3S.CH5N/c1-4-18-10-11-22(38(37)6-3)19(14-18)17-34-25(35)21(5-2)24(32-26(34)36)23(28)20(15-27(29,30)31)16-33-12-8-7-9-13-33;1-2/h5,10-11,14H,2,4,6-9,12-13,15-17H2,1,3H3,(H,32,36);2H2,1H3/b23-20-;. The maximum absolute atomic E-state index is 13.5. The number of piperidine rings is 1. The molecule has 0 amide bonds. The van der Waals surface area contributed by atoms with Gasteiger partial charge in [-0.25, -0.2) is 4.79 Å². The normalized spacial score (nSPS) is 15.6. The molecule has 0 aliphatic carbocycles. The molecule has 1 aliphatic rings. The van der Waals surface area contributed by atoms with Gasteiger partial charge in [0.15, 0.2) is 0 Å². The van der Waals surface area contributed by atoms with Crippen molar-refractivity contribution in [2.24, 2.45) is 5.73 Å². The van der Waals surface area contributed by atoms with Crippen LogP contribution in [0.15, 0.2) is 44.8 Å². The summed E-state index contributed by atoms with van der Waals surface area (Å²) in [6.07, 6.45) is -0.838. The SMILES string of the molecule is C=Cc1c(/C(Br)=C(/CN2CCCCC2)CC(F)(F)F)[nH]c(=O)n(Cc2cc(CC)ccc2S(=O)CC)c1=O.CN. The Hall–Kier alpha value is -2.28. The van der Waals surface area contributed by atoms with Crippen molar-refractivity contribution in [2.75, 3.05) is 32.4 Å². The largest absolute Gasteiger partial charge is 0.392 e. The summed E-state index contributed by atoms with van der Waals surface area (Å²) < 4.78 is 54.2. The number of nitrogens with zero attached hydrogens (tertiary/aromatic N) is 2. The summed E-state index contributed by atoms with van der Waals surface area (Å²) in [6, 6.07) is 5.44. The zero-order valence-electron chi connectivity index (χ0n) is 23.2. The summed E-state index contributed by atoms with van der Waals surface area (Å²) in [4.78, 5) is 31.7. The fourth-order valence-corrected chi connectivity index (χ4v) is 6.15. The molecule has 1 aromatic heterocycles. The number of hydrogen-bond donors (Lipinski definition) is 2. The number of rotatable bonds is 10. The molecule has 40 heavy (non-hydrogen) atoms. The molecule has 0 radical (unpaired) electrons. The zero-order chi connectivity index (χ0) is 30.0. The van der Waals surface area contributed by atoms with Crippen LogP contribution in [0.4, 0.5) is 13.2 Å². The van der Waals surface area contributed by atoms with Crippen LogP contribution in [0, 0.1) is 0 Å². The van der Waals surface area contributed by atoms with Crippen LogP contribution in [0.3, 0.4) is 0 Å². The van der Waals surface area contributed by atoms with Crippen LogP contribution in [0.2, 0.25) is 0 Å². The number of nitrogens with one attached hydrogen (secondary N) is 1. The molecule has 1 saturated heterocycles. The second kappa shape index (κ2) is 15.6. The number of benzene rings is 1. The number of aromatic amines is 1. The van der Waals surface area contributed by atoms with Gasteiger partial charge in [0, 0.05) is 21.7 Å². The highest BCUT2D eigenvalue weighted by Crippen LogP contribution is 2.34. The number of aromatic nitrogens is 2. The first-order valence-corrected chi connectivity index (χ1v) is 15.3. The molecule has 0 bridgehead atoms. The summed E-state index contributed by atoms with van der Waals surface area (Å²) in [5, 5.41) is 0. The average Bonchev–Trinajstić information content (AvgIpc) is 2.94. The molecule has 2 aromatic rings. The predicted molar refractivity (Wildman–Crippen MR) is 160 cm³/mol. The topological polar surface area (TPSA) is 101 Å². The van der Waals surface area contributed by atoms with Gasteiger partial charge >= 0.3 is 11.9 Å². The second-order valence-electron chi connectivity index (χ2n) is 9.29. The van der Waals surface area contributed by atoms with E-state index in [1.165, 1.54) is 13.1 Å². The van der Waals surface area contributed by atoms with Gasteiger partial charge in [-0.1, -0.05) is 45.1 Å². The number of halogens is 4. The Balaban J connectivity index is 0.00000274. The van der Waals surface area contributed by atoms with Gasteiger partial charge in [-0.05, 0) is 78.1 Å². The molecule has 2 heterocycles. The molecular weight excluding hydrogens is 609 g/mol. The minimum atomic E-state index is -4.47. The molecule has 0 saturated carbocycles. The highest BCUT2D eigenvalue weighted by atomic mass is 79.9. The summed E-state index contributed by atoms with van der Waals surface area (Å²) in [5.74, 6) is 0.372. The summed E-state index contributed by atoms with van der Waals surface area (Å²) in [5.41, 5.74) is 4.58. The maximum atomic E-state index is 13.5. The Labute approximate surface area is 243 Å². The maximum Gasteiger partial charge on any atom is 0.392 e. The van der Waals surface area contributed by atoms with Crippen molar-refractivity contribution in [2.45, 2.75) is 63.6 Å². The first-order chi connectivity index (χ1) is 19.0. The molecule has 1 atom stereocenters. The van der Waals surface area contributed by atoms with Gasteiger partial charge in [0.1, 0.15) is 0 Å².